The molecule has 0 aromatic heterocycles. The Labute approximate surface area is 113 Å². The first-order chi connectivity index (χ1) is 9.54. The number of ether oxygens (including phenoxy) is 1. The Morgan fingerprint density at radius 3 is 2.55 bits per heavy atom. The molecule has 1 N–H and O–H groups in total. The molecule has 0 saturated heterocycles. The van der Waals surface area contributed by atoms with Gasteiger partial charge in [-0.2, -0.15) is 0 Å². The third-order valence-electron chi connectivity index (χ3n) is 2.40. The lowest BCUT2D eigenvalue weighted by Gasteiger charge is -2.09. The molecule has 0 aliphatic heterocycles. The quantitative estimate of drug-likeness (QED) is 0.863. The van der Waals surface area contributed by atoms with E-state index in [-0.39, 0.29) is 17.1 Å². The molecule has 0 aliphatic carbocycles. The Kier molecular flexibility index (Phi) is 4.10. The second-order valence-corrected chi connectivity index (χ2v) is 3.91. The van der Waals surface area contributed by atoms with Crippen LogP contribution < -0.4 is 4.74 Å². The van der Waals surface area contributed by atoms with Gasteiger partial charge in [0, 0.05) is 17.7 Å². The summed E-state index contributed by atoms with van der Waals surface area (Å²) in [7, 11) is 0. The van der Waals surface area contributed by atoms with Crippen LogP contribution in [0.15, 0.2) is 48.5 Å². The number of hydrogen-bond donors (Lipinski definition) is 1. The average Bonchev–Trinajstić information content (AvgIpc) is 2.39. The molecule has 2 aromatic carbocycles. The summed E-state index contributed by atoms with van der Waals surface area (Å²) in [5.41, 5.74) is 0.247. The van der Waals surface area contributed by atoms with E-state index in [4.69, 9.17) is 9.84 Å². The molecule has 0 bridgehead atoms. The van der Waals surface area contributed by atoms with Gasteiger partial charge in [0.05, 0.1) is 0 Å². The Balaban J connectivity index is 2.33. The van der Waals surface area contributed by atoms with Gasteiger partial charge in [-0.1, -0.05) is 6.07 Å². The third kappa shape index (κ3) is 3.65. The minimum Gasteiger partial charge on any atom is -0.478 e. The highest BCUT2D eigenvalue weighted by atomic mass is 19.1. The van der Waals surface area contributed by atoms with Crippen LogP contribution in [0.4, 0.5) is 8.78 Å². The molecule has 0 atom stereocenters. The minimum absolute atomic E-state index is 0.231. The van der Waals surface area contributed by atoms with Crippen LogP contribution in [0.5, 0.6) is 11.5 Å². The average molecular weight is 276 g/mol. The van der Waals surface area contributed by atoms with Crippen molar-refractivity contribution in [1.82, 2.24) is 0 Å². The fourth-order valence-corrected chi connectivity index (χ4v) is 1.56. The number of aliphatic carboxylic acids is 1. The van der Waals surface area contributed by atoms with Crippen molar-refractivity contribution < 1.29 is 23.4 Å². The molecule has 5 heteroatoms. The van der Waals surface area contributed by atoms with Gasteiger partial charge in [0.1, 0.15) is 23.1 Å². The van der Waals surface area contributed by atoms with Crippen LogP contribution in [-0.4, -0.2) is 11.1 Å². The predicted molar refractivity (Wildman–Crippen MR) is 69.5 cm³/mol. The number of carboxylic acids is 1. The van der Waals surface area contributed by atoms with Crippen molar-refractivity contribution in [1.29, 1.82) is 0 Å². The second-order valence-electron chi connectivity index (χ2n) is 3.91. The van der Waals surface area contributed by atoms with Crippen LogP contribution in [0.3, 0.4) is 0 Å². The van der Waals surface area contributed by atoms with E-state index in [9.17, 15) is 13.6 Å². The SMILES string of the molecule is O=C(O)/C=C/c1cc(F)ccc1Oc1cccc(F)c1. The highest BCUT2D eigenvalue weighted by molar-refractivity contribution is 5.85. The number of hydrogen-bond acceptors (Lipinski definition) is 2. The summed E-state index contributed by atoms with van der Waals surface area (Å²) in [6, 6.07) is 9.11. The van der Waals surface area contributed by atoms with Crippen molar-refractivity contribution in [3.63, 3.8) is 0 Å². The van der Waals surface area contributed by atoms with Crippen LogP contribution in [-0.2, 0) is 4.79 Å². The van der Waals surface area contributed by atoms with Crippen molar-refractivity contribution >= 4 is 12.0 Å². The zero-order valence-corrected chi connectivity index (χ0v) is 10.2. The van der Waals surface area contributed by atoms with Crippen LogP contribution in [0.25, 0.3) is 6.08 Å². The highest BCUT2D eigenvalue weighted by Gasteiger charge is 2.06. The van der Waals surface area contributed by atoms with Gasteiger partial charge >= 0.3 is 5.97 Å². The van der Waals surface area contributed by atoms with E-state index in [1.165, 1.54) is 42.5 Å². The monoisotopic (exact) mass is 276 g/mol. The van der Waals surface area contributed by atoms with E-state index in [1.54, 1.807) is 0 Å². The zero-order valence-electron chi connectivity index (χ0n) is 10.2. The van der Waals surface area contributed by atoms with Gasteiger partial charge in [0.2, 0.25) is 0 Å². The maximum atomic E-state index is 13.2. The molecule has 0 radical (unpaired) electrons. The smallest absolute Gasteiger partial charge is 0.328 e. The molecule has 0 saturated carbocycles. The van der Waals surface area contributed by atoms with E-state index in [1.807, 2.05) is 0 Å². The Bertz CT molecular complexity index is 666. The molecule has 0 fully saturated rings. The summed E-state index contributed by atoms with van der Waals surface area (Å²) in [6.07, 6.45) is 2.08. The van der Waals surface area contributed by atoms with Gasteiger partial charge < -0.3 is 9.84 Å². The van der Waals surface area contributed by atoms with Crippen molar-refractivity contribution in [2.24, 2.45) is 0 Å². The lowest BCUT2D eigenvalue weighted by Crippen LogP contribution is -1.91. The normalized spacial score (nSPS) is 10.7. The van der Waals surface area contributed by atoms with E-state index in [2.05, 4.69) is 0 Å². The summed E-state index contributed by atoms with van der Waals surface area (Å²) in [5, 5.41) is 8.59. The number of benzene rings is 2. The molecule has 2 aromatic rings. The van der Waals surface area contributed by atoms with Gasteiger partial charge in [0.15, 0.2) is 0 Å². The summed E-state index contributed by atoms with van der Waals surface area (Å²) in [4.78, 5) is 10.5. The van der Waals surface area contributed by atoms with Gasteiger partial charge in [-0.05, 0) is 36.4 Å². The Morgan fingerprint density at radius 1 is 1.10 bits per heavy atom. The molecule has 2 rings (SSSR count). The maximum Gasteiger partial charge on any atom is 0.328 e. The number of rotatable bonds is 4. The molecule has 0 amide bonds. The first kappa shape index (κ1) is 13.7. The largest absolute Gasteiger partial charge is 0.478 e. The first-order valence-electron chi connectivity index (χ1n) is 5.68. The molecule has 102 valence electrons. The van der Waals surface area contributed by atoms with E-state index in [0.717, 1.165) is 12.1 Å². The standard InChI is InChI=1S/C15H10F2O3/c16-11-2-1-3-13(9-11)20-14-6-5-12(17)8-10(14)4-7-15(18)19/h1-9H,(H,18,19)/b7-4+. The molecular formula is C15H10F2O3. The Hall–Kier alpha value is -2.69. The summed E-state index contributed by atoms with van der Waals surface area (Å²) in [5.74, 6) is -1.68. The molecule has 0 heterocycles. The summed E-state index contributed by atoms with van der Waals surface area (Å²) < 4.78 is 31.7. The predicted octanol–water partition coefficient (Wildman–Crippen LogP) is 3.85. The molecule has 0 aliphatic rings. The molecule has 3 nitrogen and oxygen atoms in total. The van der Waals surface area contributed by atoms with Crippen LogP contribution in [0.2, 0.25) is 0 Å². The van der Waals surface area contributed by atoms with Gasteiger partial charge in [-0.15, -0.1) is 0 Å². The molecular weight excluding hydrogens is 266 g/mol. The lowest BCUT2D eigenvalue weighted by molar-refractivity contribution is -0.131. The van der Waals surface area contributed by atoms with Crippen molar-refractivity contribution in [3.05, 3.63) is 65.7 Å². The number of carbonyl (C=O) groups is 1. The first-order valence-corrected chi connectivity index (χ1v) is 5.68. The Morgan fingerprint density at radius 2 is 1.85 bits per heavy atom. The molecule has 20 heavy (non-hydrogen) atoms. The number of halogens is 2. The summed E-state index contributed by atoms with van der Waals surface area (Å²) in [6.45, 7) is 0. The third-order valence-corrected chi connectivity index (χ3v) is 2.40. The van der Waals surface area contributed by atoms with Crippen LogP contribution in [0, 0.1) is 11.6 Å². The fourth-order valence-electron chi connectivity index (χ4n) is 1.56. The lowest BCUT2D eigenvalue weighted by atomic mass is 10.2. The molecule has 0 unspecified atom stereocenters. The van der Waals surface area contributed by atoms with E-state index < -0.39 is 17.6 Å². The summed E-state index contributed by atoms with van der Waals surface area (Å²) >= 11 is 0. The second kappa shape index (κ2) is 5.97. The highest BCUT2D eigenvalue weighted by Crippen LogP contribution is 2.27. The van der Waals surface area contributed by atoms with Gasteiger partial charge in [-0.3, -0.25) is 0 Å². The van der Waals surface area contributed by atoms with Crippen LogP contribution in [0.1, 0.15) is 5.56 Å². The van der Waals surface area contributed by atoms with Crippen molar-refractivity contribution in [2.75, 3.05) is 0 Å². The van der Waals surface area contributed by atoms with Crippen LogP contribution >= 0.6 is 0 Å². The maximum absolute atomic E-state index is 13.2. The topological polar surface area (TPSA) is 46.5 Å². The van der Waals surface area contributed by atoms with E-state index >= 15 is 0 Å². The zero-order chi connectivity index (χ0) is 14.5. The number of carboxylic acid groups (broad SMARTS) is 1. The van der Waals surface area contributed by atoms with Gasteiger partial charge in [0.25, 0.3) is 0 Å². The molecule has 0 spiro atoms. The fraction of sp³-hybridized carbons (Fsp3) is 0. The van der Waals surface area contributed by atoms with Crippen molar-refractivity contribution in [2.45, 2.75) is 0 Å². The van der Waals surface area contributed by atoms with E-state index in [0.29, 0.717) is 0 Å². The minimum atomic E-state index is -1.16. The van der Waals surface area contributed by atoms with Crippen molar-refractivity contribution in [3.8, 4) is 11.5 Å². The van der Waals surface area contributed by atoms with Gasteiger partial charge in [-0.25, -0.2) is 13.6 Å².